The zero-order valence-electron chi connectivity index (χ0n) is 11.2. The van der Waals surface area contributed by atoms with Crippen molar-refractivity contribution in [2.45, 2.75) is 19.8 Å². The number of carboxylic acids is 1. The van der Waals surface area contributed by atoms with Gasteiger partial charge in [-0.25, -0.2) is 4.79 Å². The lowest BCUT2D eigenvalue weighted by Crippen LogP contribution is -2.01. The molecule has 0 aliphatic heterocycles. The first kappa shape index (κ1) is 13.2. The minimum absolute atomic E-state index is 0.137. The lowest BCUT2D eigenvalue weighted by Gasteiger charge is -2.04. The van der Waals surface area contributed by atoms with E-state index in [9.17, 15) is 9.90 Å². The molecule has 0 fully saturated rings. The minimum Gasteiger partial charge on any atom is -0.497 e. The van der Waals surface area contributed by atoms with Crippen LogP contribution < -0.4 is 4.74 Å². The van der Waals surface area contributed by atoms with Crippen LogP contribution in [0.25, 0.3) is 11.3 Å². The number of aromatic nitrogens is 1. The number of benzene rings is 1. The molecule has 4 heteroatoms. The SMILES string of the molecule is COc1ccc(-c2cc(C(=O)O)c(C(C)C)[nH]2)cc1. The van der Waals surface area contributed by atoms with Crippen LogP contribution in [0, 0.1) is 0 Å². The van der Waals surface area contributed by atoms with E-state index in [0.717, 1.165) is 22.7 Å². The Morgan fingerprint density at radius 1 is 1.26 bits per heavy atom. The summed E-state index contributed by atoms with van der Waals surface area (Å²) in [4.78, 5) is 14.4. The Bertz CT molecular complexity index is 582. The van der Waals surface area contributed by atoms with Crippen LogP contribution in [0.4, 0.5) is 0 Å². The van der Waals surface area contributed by atoms with E-state index in [0.29, 0.717) is 5.56 Å². The van der Waals surface area contributed by atoms with E-state index in [2.05, 4.69) is 4.98 Å². The van der Waals surface area contributed by atoms with Crippen molar-refractivity contribution in [3.63, 3.8) is 0 Å². The van der Waals surface area contributed by atoms with Crippen LogP contribution >= 0.6 is 0 Å². The van der Waals surface area contributed by atoms with Gasteiger partial charge in [0, 0.05) is 11.4 Å². The Kier molecular flexibility index (Phi) is 3.60. The molecule has 1 aromatic carbocycles. The number of aromatic carboxylic acids is 1. The van der Waals surface area contributed by atoms with Crippen LogP contribution in [0.2, 0.25) is 0 Å². The summed E-state index contributed by atoms with van der Waals surface area (Å²) in [6.07, 6.45) is 0. The predicted octanol–water partition coefficient (Wildman–Crippen LogP) is 3.51. The molecular formula is C15H17NO3. The number of ether oxygens (including phenoxy) is 1. The summed E-state index contributed by atoms with van der Waals surface area (Å²) >= 11 is 0. The summed E-state index contributed by atoms with van der Waals surface area (Å²) in [5, 5.41) is 9.22. The van der Waals surface area contributed by atoms with Gasteiger partial charge in [0.15, 0.2) is 0 Å². The maximum atomic E-state index is 11.2. The molecule has 100 valence electrons. The van der Waals surface area contributed by atoms with Gasteiger partial charge in [0.25, 0.3) is 0 Å². The third-order valence-corrected chi connectivity index (χ3v) is 3.06. The standard InChI is InChI=1S/C15H17NO3/c1-9(2)14-12(15(17)18)8-13(16-14)10-4-6-11(19-3)7-5-10/h4-9,16H,1-3H3,(H,17,18). The van der Waals surface area contributed by atoms with Gasteiger partial charge in [-0.05, 0) is 41.8 Å². The van der Waals surface area contributed by atoms with Crippen molar-refractivity contribution in [3.05, 3.63) is 41.6 Å². The van der Waals surface area contributed by atoms with Crippen molar-refractivity contribution < 1.29 is 14.6 Å². The lowest BCUT2D eigenvalue weighted by atomic mass is 10.1. The normalized spacial score (nSPS) is 10.7. The van der Waals surface area contributed by atoms with E-state index in [1.807, 2.05) is 38.1 Å². The Morgan fingerprint density at radius 2 is 1.89 bits per heavy atom. The monoisotopic (exact) mass is 259 g/mol. The Hall–Kier alpha value is -2.23. The topological polar surface area (TPSA) is 62.3 Å². The molecule has 0 unspecified atom stereocenters. The van der Waals surface area contributed by atoms with Crippen molar-refractivity contribution in [2.75, 3.05) is 7.11 Å². The first-order valence-electron chi connectivity index (χ1n) is 6.13. The zero-order valence-corrected chi connectivity index (χ0v) is 11.2. The first-order chi connectivity index (χ1) is 9.02. The van der Waals surface area contributed by atoms with E-state index in [-0.39, 0.29) is 5.92 Å². The quantitative estimate of drug-likeness (QED) is 0.883. The van der Waals surface area contributed by atoms with Gasteiger partial charge < -0.3 is 14.8 Å². The van der Waals surface area contributed by atoms with Gasteiger partial charge >= 0.3 is 5.97 Å². The average Bonchev–Trinajstić information content (AvgIpc) is 2.84. The van der Waals surface area contributed by atoms with Gasteiger partial charge in [0.05, 0.1) is 12.7 Å². The molecule has 0 amide bonds. The van der Waals surface area contributed by atoms with E-state index in [4.69, 9.17) is 4.74 Å². The molecule has 0 radical (unpaired) electrons. The van der Waals surface area contributed by atoms with Crippen LogP contribution in [0.3, 0.4) is 0 Å². The highest BCUT2D eigenvalue weighted by atomic mass is 16.5. The van der Waals surface area contributed by atoms with Crippen molar-refractivity contribution in [2.24, 2.45) is 0 Å². The molecule has 0 atom stereocenters. The van der Waals surface area contributed by atoms with Crippen molar-refractivity contribution in [1.82, 2.24) is 4.98 Å². The molecule has 1 aromatic heterocycles. The zero-order chi connectivity index (χ0) is 14.0. The van der Waals surface area contributed by atoms with Crippen molar-refractivity contribution in [3.8, 4) is 17.0 Å². The number of rotatable bonds is 4. The van der Waals surface area contributed by atoms with Gasteiger partial charge in [-0.2, -0.15) is 0 Å². The maximum absolute atomic E-state index is 11.2. The van der Waals surface area contributed by atoms with Crippen LogP contribution in [-0.2, 0) is 0 Å². The summed E-state index contributed by atoms with van der Waals surface area (Å²) in [5.41, 5.74) is 2.83. The number of hydrogen-bond donors (Lipinski definition) is 2. The van der Waals surface area contributed by atoms with Gasteiger partial charge in [-0.3, -0.25) is 0 Å². The summed E-state index contributed by atoms with van der Waals surface area (Å²) in [6, 6.07) is 9.19. The molecule has 2 N–H and O–H groups in total. The highest BCUT2D eigenvalue weighted by Gasteiger charge is 2.17. The number of aromatic amines is 1. The van der Waals surface area contributed by atoms with E-state index >= 15 is 0 Å². The van der Waals surface area contributed by atoms with E-state index in [1.165, 1.54) is 0 Å². The number of methoxy groups -OCH3 is 1. The summed E-state index contributed by atoms with van der Waals surface area (Å²) in [7, 11) is 1.61. The average molecular weight is 259 g/mol. The fourth-order valence-electron chi connectivity index (χ4n) is 2.03. The molecular weight excluding hydrogens is 242 g/mol. The lowest BCUT2D eigenvalue weighted by molar-refractivity contribution is 0.0695. The molecule has 0 aliphatic rings. The molecule has 1 heterocycles. The van der Waals surface area contributed by atoms with Gasteiger partial charge in [-0.1, -0.05) is 13.8 Å². The van der Waals surface area contributed by atoms with Crippen LogP contribution in [-0.4, -0.2) is 23.2 Å². The molecule has 0 bridgehead atoms. The van der Waals surface area contributed by atoms with Crippen LogP contribution in [0.15, 0.2) is 30.3 Å². The number of H-pyrrole nitrogens is 1. The molecule has 0 aliphatic carbocycles. The van der Waals surface area contributed by atoms with Crippen LogP contribution in [0.1, 0.15) is 35.8 Å². The number of nitrogens with one attached hydrogen (secondary N) is 1. The van der Waals surface area contributed by atoms with Gasteiger partial charge in [0.1, 0.15) is 5.75 Å². The molecule has 2 aromatic rings. The molecule has 4 nitrogen and oxygen atoms in total. The molecule has 0 saturated heterocycles. The second-order valence-corrected chi connectivity index (χ2v) is 4.70. The van der Waals surface area contributed by atoms with Gasteiger partial charge in [-0.15, -0.1) is 0 Å². The summed E-state index contributed by atoms with van der Waals surface area (Å²) in [5.74, 6) is 0.00987. The number of carbonyl (C=O) groups is 1. The summed E-state index contributed by atoms with van der Waals surface area (Å²) in [6.45, 7) is 3.94. The number of hydrogen-bond acceptors (Lipinski definition) is 2. The first-order valence-corrected chi connectivity index (χ1v) is 6.13. The maximum Gasteiger partial charge on any atom is 0.337 e. The minimum atomic E-state index is -0.903. The van der Waals surface area contributed by atoms with Crippen molar-refractivity contribution in [1.29, 1.82) is 0 Å². The Morgan fingerprint density at radius 3 is 2.32 bits per heavy atom. The van der Waals surface area contributed by atoms with Crippen LogP contribution in [0.5, 0.6) is 5.75 Å². The van der Waals surface area contributed by atoms with E-state index in [1.54, 1.807) is 13.2 Å². The fourth-order valence-corrected chi connectivity index (χ4v) is 2.03. The molecule has 0 saturated carbocycles. The Labute approximate surface area is 112 Å². The third-order valence-electron chi connectivity index (χ3n) is 3.06. The van der Waals surface area contributed by atoms with Crippen molar-refractivity contribution >= 4 is 5.97 Å². The predicted molar refractivity (Wildman–Crippen MR) is 73.8 cm³/mol. The molecule has 19 heavy (non-hydrogen) atoms. The van der Waals surface area contributed by atoms with Gasteiger partial charge in [0.2, 0.25) is 0 Å². The smallest absolute Gasteiger partial charge is 0.337 e. The molecule has 2 rings (SSSR count). The Balaban J connectivity index is 2.44. The third kappa shape index (κ3) is 2.62. The molecule has 0 spiro atoms. The summed E-state index contributed by atoms with van der Waals surface area (Å²) < 4.78 is 5.11. The fraction of sp³-hybridized carbons (Fsp3) is 0.267. The second-order valence-electron chi connectivity index (χ2n) is 4.70. The number of carboxylic acid groups (broad SMARTS) is 1. The van der Waals surface area contributed by atoms with E-state index < -0.39 is 5.97 Å². The second kappa shape index (κ2) is 5.18. The highest BCUT2D eigenvalue weighted by Crippen LogP contribution is 2.27. The highest BCUT2D eigenvalue weighted by molar-refractivity contribution is 5.91. The largest absolute Gasteiger partial charge is 0.497 e.